The van der Waals surface area contributed by atoms with E-state index in [0.717, 1.165) is 24.0 Å². The van der Waals surface area contributed by atoms with E-state index in [1.165, 1.54) is 6.07 Å². The number of carbonyl (C=O) groups is 1. The Kier molecular flexibility index (Phi) is 8.26. The van der Waals surface area contributed by atoms with Gasteiger partial charge in [-0.05, 0) is 47.7 Å². The smallest absolute Gasteiger partial charge is 0.303 e. The second kappa shape index (κ2) is 11.3. The minimum Gasteiger partial charge on any atom is -0.493 e. The molecule has 0 saturated heterocycles. The highest BCUT2D eigenvalue weighted by Crippen LogP contribution is 2.33. The quantitative estimate of drug-likeness (QED) is 0.335. The Labute approximate surface area is 188 Å². The zero-order valence-electron chi connectivity index (χ0n) is 18.5. The highest BCUT2D eigenvalue weighted by Gasteiger charge is 2.13. The summed E-state index contributed by atoms with van der Waals surface area (Å²) in [4.78, 5) is 11.0. The van der Waals surface area contributed by atoms with Gasteiger partial charge in [0, 0.05) is 11.1 Å². The molecule has 0 radical (unpaired) electrons. The molecule has 1 N–H and O–H groups in total. The summed E-state index contributed by atoms with van der Waals surface area (Å²) in [7, 11) is 0. The number of carboxylic acids is 1. The fraction of sp³-hybridized carbons (Fsp3) is 0.296. The summed E-state index contributed by atoms with van der Waals surface area (Å²) in [6.07, 6.45) is 1.99. The summed E-state index contributed by atoms with van der Waals surface area (Å²) < 4.78 is 26.3. The Hall–Kier alpha value is -3.34. The topological polar surface area (TPSA) is 55.8 Å². The average molecular weight is 437 g/mol. The summed E-state index contributed by atoms with van der Waals surface area (Å²) in [5, 5.41) is 9.03. The number of unbranched alkanes of at least 4 members (excludes halogenated alkanes) is 1. The molecular weight excluding hydrogens is 407 g/mol. The molecule has 1 atom stereocenters. The van der Waals surface area contributed by atoms with E-state index in [-0.39, 0.29) is 18.2 Å². The van der Waals surface area contributed by atoms with Crippen LogP contribution in [0.1, 0.15) is 50.2 Å². The molecule has 3 rings (SSSR count). The van der Waals surface area contributed by atoms with Crippen molar-refractivity contribution in [2.24, 2.45) is 0 Å². The van der Waals surface area contributed by atoms with Gasteiger partial charge in [-0.1, -0.05) is 62.7 Å². The van der Waals surface area contributed by atoms with Gasteiger partial charge < -0.3 is 14.6 Å². The van der Waals surface area contributed by atoms with E-state index in [2.05, 4.69) is 6.92 Å². The largest absolute Gasteiger partial charge is 0.493 e. The number of hydrogen-bond acceptors (Lipinski definition) is 3. The van der Waals surface area contributed by atoms with Gasteiger partial charge >= 0.3 is 5.97 Å². The van der Waals surface area contributed by atoms with Gasteiger partial charge in [-0.3, -0.25) is 4.79 Å². The Morgan fingerprint density at radius 3 is 2.56 bits per heavy atom. The van der Waals surface area contributed by atoms with Crippen LogP contribution in [0.2, 0.25) is 0 Å². The van der Waals surface area contributed by atoms with E-state index < -0.39 is 5.97 Å². The maximum Gasteiger partial charge on any atom is 0.303 e. The SMILES string of the molecule is CCCCOc1cc(COc2cccc([C@@H](C)CC(=O)O)c2)ccc1-c1ccccc1F. The van der Waals surface area contributed by atoms with Crippen LogP contribution in [0, 0.1) is 5.82 Å². The van der Waals surface area contributed by atoms with E-state index in [1.54, 1.807) is 12.1 Å². The summed E-state index contributed by atoms with van der Waals surface area (Å²) in [6.45, 7) is 4.86. The molecule has 3 aromatic rings. The molecule has 0 unspecified atom stereocenters. The zero-order valence-corrected chi connectivity index (χ0v) is 18.5. The number of carboxylic acid groups (broad SMARTS) is 1. The molecular formula is C27H29FO4. The Morgan fingerprint density at radius 2 is 1.81 bits per heavy atom. The average Bonchev–Trinajstić information content (AvgIpc) is 2.78. The molecule has 4 nitrogen and oxygen atoms in total. The van der Waals surface area contributed by atoms with E-state index in [0.29, 0.717) is 35.8 Å². The molecule has 0 heterocycles. The molecule has 0 amide bonds. The van der Waals surface area contributed by atoms with Crippen molar-refractivity contribution in [1.29, 1.82) is 0 Å². The standard InChI is InChI=1S/C27H29FO4/c1-3-4-14-31-26-16-20(12-13-24(26)23-10-5-6-11-25(23)28)18-32-22-9-7-8-21(17-22)19(2)15-27(29)30/h5-13,16-17,19H,3-4,14-15,18H2,1-2H3,(H,29,30)/t19-/m0/s1. The Balaban J connectivity index is 1.78. The van der Waals surface area contributed by atoms with Crippen LogP contribution in [0.3, 0.4) is 0 Å². The van der Waals surface area contributed by atoms with Crippen LogP contribution in [0.15, 0.2) is 66.7 Å². The predicted molar refractivity (Wildman–Crippen MR) is 124 cm³/mol. The number of halogens is 1. The normalized spacial score (nSPS) is 11.7. The number of ether oxygens (including phenoxy) is 2. The Bertz CT molecular complexity index is 1050. The third-order valence-electron chi connectivity index (χ3n) is 5.28. The molecule has 0 aliphatic carbocycles. The lowest BCUT2D eigenvalue weighted by molar-refractivity contribution is -0.137. The fourth-order valence-corrected chi connectivity index (χ4v) is 3.46. The minimum absolute atomic E-state index is 0.0689. The molecule has 0 aromatic heterocycles. The van der Waals surface area contributed by atoms with E-state index in [1.807, 2.05) is 55.5 Å². The van der Waals surface area contributed by atoms with Crippen molar-refractivity contribution in [3.8, 4) is 22.6 Å². The molecule has 0 spiro atoms. The van der Waals surface area contributed by atoms with Gasteiger partial charge in [0.1, 0.15) is 23.9 Å². The lowest BCUT2D eigenvalue weighted by Crippen LogP contribution is -2.04. The summed E-state index contributed by atoms with van der Waals surface area (Å²) in [5.41, 5.74) is 3.04. The summed E-state index contributed by atoms with van der Waals surface area (Å²) in [6, 6.07) is 19.8. The number of hydrogen-bond donors (Lipinski definition) is 1. The second-order valence-electron chi connectivity index (χ2n) is 7.87. The number of benzene rings is 3. The molecule has 0 aliphatic rings. The van der Waals surface area contributed by atoms with Crippen molar-refractivity contribution in [2.75, 3.05) is 6.61 Å². The van der Waals surface area contributed by atoms with Crippen molar-refractivity contribution < 1.29 is 23.8 Å². The lowest BCUT2D eigenvalue weighted by Gasteiger charge is -2.15. The summed E-state index contributed by atoms with van der Waals surface area (Å²) >= 11 is 0. The van der Waals surface area contributed by atoms with Gasteiger partial charge in [-0.2, -0.15) is 0 Å². The lowest BCUT2D eigenvalue weighted by atomic mass is 9.98. The van der Waals surface area contributed by atoms with Crippen molar-refractivity contribution in [3.63, 3.8) is 0 Å². The van der Waals surface area contributed by atoms with Crippen molar-refractivity contribution >= 4 is 5.97 Å². The molecule has 0 saturated carbocycles. The van der Waals surface area contributed by atoms with Gasteiger partial charge in [-0.25, -0.2) is 4.39 Å². The van der Waals surface area contributed by atoms with E-state index >= 15 is 0 Å². The third-order valence-corrected chi connectivity index (χ3v) is 5.28. The number of rotatable bonds is 11. The highest BCUT2D eigenvalue weighted by molar-refractivity contribution is 5.71. The molecule has 32 heavy (non-hydrogen) atoms. The van der Waals surface area contributed by atoms with E-state index in [4.69, 9.17) is 14.6 Å². The monoisotopic (exact) mass is 436 g/mol. The third kappa shape index (κ3) is 6.33. The van der Waals surface area contributed by atoms with Crippen molar-refractivity contribution in [3.05, 3.63) is 83.7 Å². The fourth-order valence-electron chi connectivity index (χ4n) is 3.46. The van der Waals surface area contributed by atoms with Crippen LogP contribution in [-0.2, 0) is 11.4 Å². The first kappa shape index (κ1) is 23.3. The van der Waals surface area contributed by atoms with Crippen LogP contribution < -0.4 is 9.47 Å². The maximum atomic E-state index is 14.4. The van der Waals surface area contributed by atoms with Crippen molar-refractivity contribution in [2.45, 2.75) is 45.6 Å². The van der Waals surface area contributed by atoms with Gasteiger partial charge in [0.05, 0.1) is 13.0 Å². The summed E-state index contributed by atoms with van der Waals surface area (Å²) in [5.74, 6) is 0.0908. The van der Waals surface area contributed by atoms with Crippen LogP contribution >= 0.6 is 0 Å². The molecule has 0 fully saturated rings. The predicted octanol–water partition coefficient (Wildman–Crippen LogP) is 6.83. The van der Waals surface area contributed by atoms with Gasteiger partial charge in [-0.15, -0.1) is 0 Å². The highest BCUT2D eigenvalue weighted by atomic mass is 19.1. The van der Waals surface area contributed by atoms with Crippen LogP contribution in [0.4, 0.5) is 4.39 Å². The zero-order chi connectivity index (χ0) is 22.9. The Morgan fingerprint density at radius 1 is 1.00 bits per heavy atom. The van der Waals surface area contributed by atoms with Gasteiger partial charge in [0.2, 0.25) is 0 Å². The minimum atomic E-state index is -0.825. The van der Waals surface area contributed by atoms with Gasteiger partial charge in [0.15, 0.2) is 0 Å². The molecule has 168 valence electrons. The first-order chi connectivity index (χ1) is 15.5. The molecule has 0 aliphatic heterocycles. The maximum absolute atomic E-state index is 14.4. The molecule has 0 bridgehead atoms. The second-order valence-corrected chi connectivity index (χ2v) is 7.87. The first-order valence-electron chi connectivity index (χ1n) is 10.9. The number of aliphatic carboxylic acids is 1. The van der Waals surface area contributed by atoms with Crippen LogP contribution in [-0.4, -0.2) is 17.7 Å². The van der Waals surface area contributed by atoms with Crippen LogP contribution in [0.5, 0.6) is 11.5 Å². The van der Waals surface area contributed by atoms with Crippen LogP contribution in [0.25, 0.3) is 11.1 Å². The van der Waals surface area contributed by atoms with E-state index in [9.17, 15) is 9.18 Å². The molecule has 3 aromatic carbocycles. The van der Waals surface area contributed by atoms with Gasteiger partial charge in [0.25, 0.3) is 0 Å². The van der Waals surface area contributed by atoms with Crippen molar-refractivity contribution in [1.82, 2.24) is 0 Å². The molecule has 5 heteroatoms. The first-order valence-corrected chi connectivity index (χ1v) is 10.9.